The maximum Gasteiger partial charge on any atom is 0.281 e. The molecule has 6 rings (SSSR count). The monoisotopic (exact) mass is 651 g/mol. The van der Waals surface area contributed by atoms with E-state index in [1.165, 1.54) is 5.01 Å². The number of nitrogens with zero attached hydrogens (tertiary/aromatic N) is 2. The fourth-order valence-electron chi connectivity index (χ4n) is 6.74. The lowest BCUT2D eigenvalue weighted by atomic mass is 9.83. The molecular formula is C39H42FN3O5. The third kappa shape index (κ3) is 7.52. The SMILES string of the molecule is CC(C)(C)OC(=C=O)C1(Cc2cccc(NC(=O)C(c3ccc(CN4N=C(c5ccccc5)OCC4=O)cc3)C3CCCC3)c2F)CC1. The minimum Gasteiger partial charge on any atom is -0.480 e. The predicted molar refractivity (Wildman–Crippen MR) is 181 cm³/mol. The molecule has 9 heteroatoms. The van der Waals surface area contributed by atoms with Gasteiger partial charge in [-0.2, -0.15) is 0 Å². The van der Waals surface area contributed by atoms with E-state index in [1.807, 2.05) is 81.3 Å². The van der Waals surface area contributed by atoms with Gasteiger partial charge in [0.1, 0.15) is 11.4 Å². The molecule has 1 unspecified atom stereocenters. The van der Waals surface area contributed by atoms with Gasteiger partial charge in [0.25, 0.3) is 5.91 Å². The van der Waals surface area contributed by atoms with Crippen molar-refractivity contribution in [1.82, 2.24) is 5.01 Å². The van der Waals surface area contributed by atoms with Crippen molar-refractivity contribution in [3.63, 3.8) is 0 Å². The lowest BCUT2D eigenvalue weighted by Crippen LogP contribution is -2.36. The summed E-state index contributed by atoms with van der Waals surface area (Å²) >= 11 is 0. The molecule has 0 bridgehead atoms. The molecule has 0 radical (unpaired) electrons. The second kappa shape index (κ2) is 13.8. The highest BCUT2D eigenvalue weighted by Gasteiger charge is 2.50. The van der Waals surface area contributed by atoms with Crippen LogP contribution in [0, 0.1) is 17.2 Å². The molecule has 1 N–H and O–H groups in total. The first-order chi connectivity index (χ1) is 23.0. The summed E-state index contributed by atoms with van der Waals surface area (Å²) in [6.07, 6.45) is 5.63. The molecule has 2 saturated carbocycles. The molecule has 250 valence electrons. The normalized spacial score (nSPS) is 18.0. The number of rotatable bonds is 11. The fourth-order valence-corrected chi connectivity index (χ4v) is 6.74. The van der Waals surface area contributed by atoms with Crippen molar-refractivity contribution >= 4 is 29.3 Å². The molecule has 1 atom stereocenters. The number of carbonyl (C=O) groups excluding carboxylic acids is 3. The first-order valence-electron chi connectivity index (χ1n) is 16.7. The first-order valence-corrected chi connectivity index (χ1v) is 16.7. The minimum absolute atomic E-state index is 0.0892. The van der Waals surface area contributed by atoms with E-state index < -0.39 is 22.8 Å². The van der Waals surface area contributed by atoms with Gasteiger partial charge in [-0.15, -0.1) is 5.10 Å². The Kier molecular flexibility index (Phi) is 9.51. The second-order valence-electron chi connectivity index (χ2n) is 14.1. The van der Waals surface area contributed by atoms with Crippen molar-refractivity contribution in [3.05, 3.63) is 107 Å². The van der Waals surface area contributed by atoms with Gasteiger partial charge in [0.15, 0.2) is 18.3 Å². The molecule has 0 spiro atoms. The van der Waals surface area contributed by atoms with Gasteiger partial charge in [-0.3, -0.25) is 9.59 Å². The van der Waals surface area contributed by atoms with Gasteiger partial charge in [0, 0.05) is 11.0 Å². The van der Waals surface area contributed by atoms with Gasteiger partial charge < -0.3 is 14.8 Å². The Morgan fingerprint density at radius 3 is 2.42 bits per heavy atom. The number of hydrogen-bond donors (Lipinski definition) is 1. The number of allylic oxidation sites excluding steroid dienone is 1. The molecular weight excluding hydrogens is 609 g/mol. The van der Waals surface area contributed by atoms with E-state index in [4.69, 9.17) is 9.47 Å². The smallest absolute Gasteiger partial charge is 0.281 e. The molecule has 0 aromatic heterocycles. The molecule has 8 nitrogen and oxygen atoms in total. The first kappa shape index (κ1) is 33.2. The van der Waals surface area contributed by atoms with Crippen LogP contribution in [0.1, 0.15) is 87.5 Å². The van der Waals surface area contributed by atoms with Crippen LogP contribution < -0.4 is 5.32 Å². The fraction of sp³-hybridized carbons (Fsp3) is 0.410. The molecule has 1 heterocycles. The zero-order valence-corrected chi connectivity index (χ0v) is 27.8. The Labute approximate surface area is 281 Å². The molecule has 1 aliphatic heterocycles. The number of amides is 2. The van der Waals surface area contributed by atoms with Crippen LogP contribution in [0.2, 0.25) is 0 Å². The second-order valence-corrected chi connectivity index (χ2v) is 14.1. The average molecular weight is 652 g/mol. The van der Waals surface area contributed by atoms with Gasteiger partial charge >= 0.3 is 0 Å². The van der Waals surface area contributed by atoms with Gasteiger partial charge in [0.05, 0.1) is 18.2 Å². The standard InChI is InChI=1S/C39H42FN3O5/c1-38(2,3)48-32(24-44)39(20-21-39)22-30-14-9-15-31(35(30)40)41-36(46)34(27-10-7-8-11-27)28-18-16-26(17-19-28)23-43-33(45)25-47-37(42-43)29-12-5-4-6-13-29/h4-6,9,12-19,27,34H,7-8,10-11,20-23,25H2,1-3H3,(H,41,46). The van der Waals surface area contributed by atoms with Crippen LogP contribution in [-0.2, 0) is 36.8 Å². The summed E-state index contributed by atoms with van der Waals surface area (Å²) in [6, 6.07) is 22.1. The van der Waals surface area contributed by atoms with Crippen LogP contribution in [-0.4, -0.2) is 40.9 Å². The van der Waals surface area contributed by atoms with Crippen LogP contribution in [0.25, 0.3) is 0 Å². The molecule has 3 aliphatic rings. The number of anilines is 1. The topological polar surface area (TPSA) is 97.3 Å². The van der Waals surface area contributed by atoms with Crippen LogP contribution in [0.5, 0.6) is 0 Å². The number of hydrazone groups is 1. The molecule has 2 amide bonds. The lowest BCUT2D eigenvalue weighted by molar-refractivity contribution is -0.136. The van der Waals surface area contributed by atoms with Gasteiger partial charge in [0.2, 0.25) is 11.8 Å². The van der Waals surface area contributed by atoms with E-state index in [0.717, 1.165) is 42.4 Å². The summed E-state index contributed by atoms with van der Waals surface area (Å²) in [5.41, 5.74) is 1.91. The quantitative estimate of drug-likeness (QED) is 0.173. The number of benzene rings is 3. The number of ether oxygens (including phenoxy) is 2. The molecule has 48 heavy (non-hydrogen) atoms. The number of nitrogens with one attached hydrogen (secondary N) is 1. The summed E-state index contributed by atoms with van der Waals surface area (Å²) in [4.78, 5) is 38.4. The van der Waals surface area contributed by atoms with Crippen LogP contribution in [0.4, 0.5) is 10.1 Å². The molecule has 0 saturated heterocycles. The molecule has 3 aromatic rings. The van der Waals surface area contributed by atoms with E-state index in [9.17, 15) is 14.4 Å². The average Bonchev–Trinajstić information content (AvgIpc) is 3.65. The summed E-state index contributed by atoms with van der Waals surface area (Å²) in [5.74, 6) is 1.28. The Hall–Kier alpha value is -4.75. The Morgan fingerprint density at radius 2 is 1.77 bits per heavy atom. The minimum atomic E-state index is -0.576. The van der Waals surface area contributed by atoms with Gasteiger partial charge in [-0.25, -0.2) is 14.2 Å². The summed E-state index contributed by atoms with van der Waals surface area (Å²) in [7, 11) is 0. The number of carbonyl (C=O) groups is 2. The molecule has 2 aliphatic carbocycles. The van der Waals surface area contributed by atoms with E-state index in [-0.39, 0.29) is 42.3 Å². The maximum atomic E-state index is 16.0. The van der Waals surface area contributed by atoms with Gasteiger partial charge in [-0.1, -0.05) is 67.4 Å². The largest absolute Gasteiger partial charge is 0.480 e. The van der Waals surface area contributed by atoms with Crippen LogP contribution >= 0.6 is 0 Å². The highest BCUT2D eigenvalue weighted by Crippen LogP contribution is 2.55. The van der Waals surface area contributed by atoms with Gasteiger partial charge in [-0.05, 0) is 93.7 Å². The third-order valence-corrected chi connectivity index (χ3v) is 9.38. The van der Waals surface area contributed by atoms with E-state index in [1.54, 1.807) is 18.2 Å². The zero-order chi connectivity index (χ0) is 33.9. The van der Waals surface area contributed by atoms with Crippen molar-refractivity contribution < 1.29 is 28.2 Å². The Morgan fingerprint density at radius 1 is 1.06 bits per heavy atom. The zero-order valence-electron chi connectivity index (χ0n) is 27.8. The lowest BCUT2D eigenvalue weighted by Gasteiger charge is -2.27. The number of hydrogen-bond acceptors (Lipinski definition) is 6. The predicted octanol–water partition coefficient (Wildman–Crippen LogP) is 7.31. The maximum absolute atomic E-state index is 16.0. The summed E-state index contributed by atoms with van der Waals surface area (Å²) in [5, 5.41) is 8.76. The van der Waals surface area contributed by atoms with E-state index in [0.29, 0.717) is 30.7 Å². The van der Waals surface area contributed by atoms with E-state index in [2.05, 4.69) is 10.4 Å². The van der Waals surface area contributed by atoms with E-state index >= 15 is 4.39 Å². The Bertz CT molecular complexity index is 1730. The highest BCUT2D eigenvalue weighted by atomic mass is 19.1. The number of halogens is 1. The van der Waals surface area contributed by atoms with Crippen molar-refractivity contribution in [3.8, 4) is 0 Å². The van der Waals surface area contributed by atoms with Crippen molar-refractivity contribution in [2.75, 3.05) is 11.9 Å². The van der Waals surface area contributed by atoms with Crippen molar-refractivity contribution in [1.29, 1.82) is 0 Å². The van der Waals surface area contributed by atoms with Crippen LogP contribution in [0.3, 0.4) is 0 Å². The van der Waals surface area contributed by atoms with Crippen molar-refractivity contribution in [2.45, 2.75) is 83.8 Å². The summed E-state index contributed by atoms with van der Waals surface area (Å²) in [6.45, 7) is 5.78. The Balaban J connectivity index is 1.18. The molecule has 2 fully saturated rings. The highest BCUT2D eigenvalue weighted by molar-refractivity contribution is 5.98. The molecule has 3 aromatic carbocycles. The summed E-state index contributed by atoms with van der Waals surface area (Å²) < 4.78 is 27.4. The third-order valence-electron chi connectivity index (χ3n) is 9.38. The van der Waals surface area contributed by atoms with Crippen LogP contribution in [0.15, 0.2) is 83.7 Å². The van der Waals surface area contributed by atoms with Crippen molar-refractivity contribution in [2.24, 2.45) is 16.4 Å².